The molecule has 0 spiro atoms. The second-order valence-corrected chi connectivity index (χ2v) is 8.15. The number of fused-ring (bicyclic) bond motifs is 1. The van der Waals surface area contributed by atoms with E-state index in [2.05, 4.69) is 24.0 Å². The van der Waals surface area contributed by atoms with Crippen LogP contribution in [0.25, 0.3) is 10.9 Å². The molecular formula is C19H20ClN2O2P. The van der Waals surface area contributed by atoms with Gasteiger partial charge in [-0.15, -0.1) is 0 Å². The lowest BCUT2D eigenvalue weighted by atomic mass is 10.1. The quantitative estimate of drug-likeness (QED) is 0.643. The lowest BCUT2D eigenvalue weighted by Crippen LogP contribution is -2.23. The number of hydrogen-bond donors (Lipinski definition) is 2. The smallest absolute Gasteiger partial charge is 0.265 e. The molecule has 1 heterocycles. The lowest BCUT2D eigenvalue weighted by Gasteiger charge is -2.17. The van der Waals surface area contributed by atoms with Gasteiger partial charge in [-0.3, -0.25) is 4.79 Å². The molecule has 3 aromatic rings. The maximum absolute atomic E-state index is 12.0. The molecule has 4 nitrogen and oxygen atoms in total. The Morgan fingerprint density at radius 3 is 2.76 bits per heavy atom. The highest BCUT2D eigenvalue weighted by Gasteiger charge is 2.25. The second-order valence-electron chi connectivity index (χ2n) is 5.80. The summed E-state index contributed by atoms with van der Waals surface area (Å²) in [5.74, 6) is -0.503. The molecule has 2 aromatic carbocycles. The molecule has 0 saturated carbocycles. The van der Waals surface area contributed by atoms with Gasteiger partial charge in [0.25, 0.3) is 5.91 Å². The molecule has 0 bridgehead atoms. The summed E-state index contributed by atoms with van der Waals surface area (Å²) in [7, 11) is 0.464. The predicted molar refractivity (Wildman–Crippen MR) is 105 cm³/mol. The number of aromatic nitrogens is 1. The molecule has 0 aliphatic heterocycles. The molecule has 0 radical (unpaired) electrons. The molecule has 130 valence electrons. The Morgan fingerprint density at radius 1 is 1.28 bits per heavy atom. The number of hydrogen-bond acceptors (Lipinski definition) is 2. The molecule has 0 saturated heterocycles. The van der Waals surface area contributed by atoms with Gasteiger partial charge in [-0.25, -0.2) is 0 Å². The van der Waals surface area contributed by atoms with Crippen LogP contribution in [-0.2, 0) is 10.9 Å². The Kier molecular flexibility index (Phi) is 5.43. The van der Waals surface area contributed by atoms with Crippen LogP contribution in [0.4, 0.5) is 0 Å². The van der Waals surface area contributed by atoms with Crippen LogP contribution in [0.5, 0.6) is 0 Å². The van der Waals surface area contributed by atoms with E-state index in [1.54, 1.807) is 13.2 Å². The molecular weight excluding hydrogens is 355 g/mol. The van der Waals surface area contributed by atoms with Gasteiger partial charge in [0.2, 0.25) is 0 Å². The topological polar surface area (TPSA) is 68.1 Å². The zero-order valence-corrected chi connectivity index (χ0v) is 15.8. The molecule has 0 aliphatic rings. The van der Waals surface area contributed by atoms with Gasteiger partial charge in [-0.1, -0.05) is 43.1 Å². The molecule has 1 aromatic heterocycles. The number of H-pyrrole nitrogens is 1. The first-order chi connectivity index (χ1) is 12.0. The molecule has 1 amide bonds. The molecule has 1 atom stereocenters. The standard InChI is InChI=1S/C19H20ClN2O2P/c1-3-5-12-6-4-7-14(10-12)25(24-2)18-15-11-13(20)8-9-16(15)22-17(18)19(21)23/h4,6-11,22H,3,5H2,1-2H3,(H2,21,23). The van der Waals surface area contributed by atoms with Gasteiger partial charge < -0.3 is 15.2 Å². The molecule has 6 heteroatoms. The highest BCUT2D eigenvalue weighted by Crippen LogP contribution is 2.39. The molecule has 1 unspecified atom stereocenters. The van der Waals surface area contributed by atoms with E-state index < -0.39 is 14.1 Å². The first-order valence-corrected chi connectivity index (χ1v) is 9.73. The fourth-order valence-corrected chi connectivity index (χ4v) is 5.09. The van der Waals surface area contributed by atoms with Crippen molar-refractivity contribution in [1.82, 2.24) is 4.98 Å². The van der Waals surface area contributed by atoms with Crippen LogP contribution >= 0.6 is 19.7 Å². The van der Waals surface area contributed by atoms with Crippen molar-refractivity contribution in [2.24, 2.45) is 5.73 Å². The van der Waals surface area contributed by atoms with Crippen LogP contribution in [0.15, 0.2) is 42.5 Å². The number of primary amides is 1. The van der Waals surface area contributed by atoms with Crippen molar-refractivity contribution in [1.29, 1.82) is 0 Å². The number of rotatable bonds is 6. The number of carbonyl (C=O) groups is 1. The van der Waals surface area contributed by atoms with Crippen LogP contribution < -0.4 is 16.3 Å². The average molecular weight is 375 g/mol. The minimum absolute atomic E-state index is 0.381. The summed E-state index contributed by atoms with van der Waals surface area (Å²) < 4.78 is 5.85. The van der Waals surface area contributed by atoms with E-state index in [0.717, 1.165) is 34.4 Å². The fourth-order valence-electron chi connectivity index (χ4n) is 2.99. The van der Waals surface area contributed by atoms with Crippen LogP contribution in [0.3, 0.4) is 0 Å². The maximum Gasteiger partial charge on any atom is 0.265 e. The number of aromatic amines is 1. The Bertz CT molecular complexity index is 923. The molecule has 3 N–H and O–H groups in total. The summed E-state index contributed by atoms with van der Waals surface area (Å²) in [6, 6.07) is 13.8. The van der Waals surface area contributed by atoms with Crippen molar-refractivity contribution >= 4 is 47.2 Å². The van der Waals surface area contributed by atoms with E-state index in [1.165, 1.54) is 5.56 Å². The van der Waals surface area contributed by atoms with Gasteiger partial charge in [0, 0.05) is 33.6 Å². The molecule has 0 fully saturated rings. The number of amides is 1. The van der Waals surface area contributed by atoms with E-state index in [-0.39, 0.29) is 0 Å². The van der Waals surface area contributed by atoms with E-state index in [1.807, 2.05) is 24.3 Å². The minimum atomic E-state index is -1.19. The van der Waals surface area contributed by atoms with E-state index >= 15 is 0 Å². The van der Waals surface area contributed by atoms with Crippen molar-refractivity contribution in [2.45, 2.75) is 19.8 Å². The number of benzene rings is 2. The summed E-state index contributed by atoms with van der Waals surface area (Å²) in [4.78, 5) is 15.1. The molecule has 3 rings (SSSR count). The number of carbonyl (C=O) groups excluding carboxylic acids is 1. The summed E-state index contributed by atoms with van der Waals surface area (Å²) in [5, 5.41) is 3.31. The number of aryl methyl sites for hydroxylation is 1. The lowest BCUT2D eigenvalue weighted by molar-refractivity contribution is 0.0997. The van der Waals surface area contributed by atoms with Crippen molar-refractivity contribution in [3.8, 4) is 0 Å². The Labute approximate surface area is 153 Å². The van der Waals surface area contributed by atoms with Gasteiger partial charge in [0.05, 0.1) is 8.15 Å². The summed E-state index contributed by atoms with van der Waals surface area (Å²) in [6.45, 7) is 2.15. The monoisotopic (exact) mass is 374 g/mol. The van der Waals surface area contributed by atoms with Crippen LogP contribution in [-0.4, -0.2) is 18.0 Å². The van der Waals surface area contributed by atoms with Gasteiger partial charge in [0.15, 0.2) is 0 Å². The van der Waals surface area contributed by atoms with E-state index in [9.17, 15) is 4.79 Å². The second kappa shape index (κ2) is 7.57. The first-order valence-electron chi connectivity index (χ1n) is 8.09. The minimum Gasteiger partial charge on any atom is -0.364 e. The normalized spacial score (nSPS) is 12.4. The molecule has 0 aliphatic carbocycles. The number of nitrogens with two attached hydrogens (primary N) is 1. The van der Waals surface area contributed by atoms with Crippen molar-refractivity contribution in [2.75, 3.05) is 7.11 Å². The van der Waals surface area contributed by atoms with Crippen LogP contribution in [0.1, 0.15) is 29.4 Å². The average Bonchev–Trinajstić information content (AvgIpc) is 2.95. The highest BCUT2D eigenvalue weighted by atomic mass is 35.5. The predicted octanol–water partition coefficient (Wildman–Crippen LogP) is 3.87. The maximum atomic E-state index is 12.0. The Balaban J connectivity index is 2.21. The van der Waals surface area contributed by atoms with Crippen LogP contribution in [0.2, 0.25) is 5.02 Å². The third kappa shape index (κ3) is 3.57. The summed E-state index contributed by atoms with van der Waals surface area (Å²) in [5.41, 5.74) is 8.07. The van der Waals surface area contributed by atoms with Gasteiger partial charge in [0.1, 0.15) is 5.69 Å². The largest absolute Gasteiger partial charge is 0.364 e. The fraction of sp³-hybridized carbons (Fsp3) is 0.211. The molecule has 25 heavy (non-hydrogen) atoms. The zero-order valence-electron chi connectivity index (χ0n) is 14.2. The van der Waals surface area contributed by atoms with Gasteiger partial charge in [-0.2, -0.15) is 0 Å². The van der Waals surface area contributed by atoms with Gasteiger partial charge >= 0.3 is 0 Å². The summed E-state index contributed by atoms with van der Waals surface area (Å²) >= 11 is 6.18. The van der Waals surface area contributed by atoms with Gasteiger partial charge in [-0.05, 0) is 36.2 Å². The Morgan fingerprint density at radius 2 is 2.08 bits per heavy atom. The number of halogens is 1. The van der Waals surface area contributed by atoms with Crippen molar-refractivity contribution in [3.63, 3.8) is 0 Å². The van der Waals surface area contributed by atoms with Crippen molar-refractivity contribution in [3.05, 3.63) is 58.7 Å². The third-order valence-electron chi connectivity index (χ3n) is 4.05. The first kappa shape index (κ1) is 17.9. The summed E-state index contributed by atoms with van der Waals surface area (Å²) in [6.07, 6.45) is 2.08. The number of nitrogens with one attached hydrogen (secondary N) is 1. The third-order valence-corrected chi connectivity index (χ3v) is 6.27. The highest BCUT2D eigenvalue weighted by molar-refractivity contribution is 7.69. The van der Waals surface area contributed by atoms with E-state index in [0.29, 0.717) is 10.7 Å². The van der Waals surface area contributed by atoms with Crippen LogP contribution in [0, 0.1) is 0 Å². The zero-order chi connectivity index (χ0) is 18.0. The van der Waals surface area contributed by atoms with E-state index in [4.69, 9.17) is 21.9 Å². The Hall–Kier alpha value is -1.87. The SMILES string of the molecule is CCCc1cccc(P(OC)c2c(C(N)=O)[nH]c3ccc(Cl)cc23)c1. The van der Waals surface area contributed by atoms with Crippen molar-refractivity contribution < 1.29 is 9.32 Å².